The number of hydrogen-bond acceptors (Lipinski definition) is 7. The van der Waals surface area contributed by atoms with Gasteiger partial charge in [0, 0.05) is 22.1 Å². The molecule has 9 nitrogen and oxygen atoms in total. The van der Waals surface area contributed by atoms with Crippen LogP contribution < -0.4 is 10.5 Å². The van der Waals surface area contributed by atoms with Gasteiger partial charge in [0.1, 0.15) is 24.1 Å². The van der Waals surface area contributed by atoms with E-state index in [0.29, 0.717) is 26.4 Å². The Labute approximate surface area is 192 Å². The van der Waals surface area contributed by atoms with E-state index < -0.39 is 36.7 Å². The van der Waals surface area contributed by atoms with Crippen LogP contribution in [0.1, 0.15) is 32.1 Å². The summed E-state index contributed by atoms with van der Waals surface area (Å²) in [7, 11) is 0. The first-order valence-corrected chi connectivity index (χ1v) is 11.2. The fraction of sp³-hybridized carbons (Fsp3) is 0.550. The number of aromatic amines is 1. The largest absolute Gasteiger partial charge is 0.479 e. The van der Waals surface area contributed by atoms with Crippen LogP contribution in [-0.4, -0.2) is 68.1 Å². The Morgan fingerprint density at radius 1 is 1.16 bits per heavy atom. The van der Waals surface area contributed by atoms with E-state index in [-0.39, 0.29) is 5.75 Å². The second kappa shape index (κ2) is 10.5. The van der Waals surface area contributed by atoms with Gasteiger partial charge < -0.3 is 40.6 Å². The molecule has 0 bridgehead atoms. The highest BCUT2D eigenvalue weighted by Gasteiger charge is 2.48. The number of carboxylic acids is 1. The average molecular weight is 522 g/mol. The quantitative estimate of drug-likeness (QED) is 0.358. The number of ether oxygens (including phenoxy) is 2. The molecule has 2 aliphatic rings. The van der Waals surface area contributed by atoms with E-state index in [9.17, 15) is 20.1 Å². The molecular formula is C20H26BrClN2O7. The molecule has 1 aromatic carbocycles. The molecule has 1 aromatic heterocycles. The molecule has 2 heterocycles. The lowest BCUT2D eigenvalue weighted by Gasteiger charge is -2.38. The lowest BCUT2D eigenvalue weighted by molar-refractivity contribution is -0.270. The predicted octanol–water partition coefficient (Wildman–Crippen LogP) is 2.13. The maximum Gasteiger partial charge on any atom is 0.335 e. The van der Waals surface area contributed by atoms with Crippen LogP contribution in [0.15, 0.2) is 22.8 Å². The summed E-state index contributed by atoms with van der Waals surface area (Å²) in [5.74, 6) is -1.21. The Kier molecular flexibility index (Phi) is 8.19. The first-order valence-electron chi connectivity index (χ1n) is 10.00. The van der Waals surface area contributed by atoms with Crippen molar-refractivity contribution in [1.82, 2.24) is 4.98 Å². The second-order valence-corrected chi connectivity index (χ2v) is 8.98. The summed E-state index contributed by atoms with van der Waals surface area (Å²) in [5.41, 5.74) is 6.29. The first kappa shape index (κ1) is 24.2. The van der Waals surface area contributed by atoms with Gasteiger partial charge in [-0.15, -0.1) is 0 Å². The molecule has 2 aromatic rings. The molecule has 7 N–H and O–H groups in total. The summed E-state index contributed by atoms with van der Waals surface area (Å²) < 4.78 is 11.2. The third-order valence-electron chi connectivity index (χ3n) is 5.39. The van der Waals surface area contributed by atoms with E-state index in [4.69, 9.17) is 31.9 Å². The van der Waals surface area contributed by atoms with Gasteiger partial charge in [-0.25, -0.2) is 4.79 Å². The van der Waals surface area contributed by atoms with Crippen molar-refractivity contribution >= 4 is 44.4 Å². The van der Waals surface area contributed by atoms with Crippen LogP contribution in [0, 0.1) is 0 Å². The van der Waals surface area contributed by atoms with Gasteiger partial charge in [-0.1, -0.05) is 30.9 Å². The zero-order valence-corrected chi connectivity index (χ0v) is 18.9. The van der Waals surface area contributed by atoms with Gasteiger partial charge in [-0.2, -0.15) is 0 Å². The Bertz CT molecular complexity index is 905. The molecule has 0 spiro atoms. The molecule has 2 fully saturated rings. The molecule has 5 atom stereocenters. The summed E-state index contributed by atoms with van der Waals surface area (Å²) in [6, 6.07) is 3.87. The zero-order valence-electron chi connectivity index (χ0n) is 16.6. The number of rotatable bonds is 3. The summed E-state index contributed by atoms with van der Waals surface area (Å²) in [6.07, 6.45) is -0.175. The number of aliphatic hydroxyl groups excluding tert-OH is 3. The number of nitrogens with two attached hydrogens (primary N) is 1. The minimum absolute atomic E-state index is 0.263. The van der Waals surface area contributed by atoms with Crippen molar-refractivity contribution in [3.8, 4) is 5.75 Å². The van der Waals surface area contributed by atoms with Crippen molar-refractivity contribution in [3.63, 3.8) is 0 Å². The molecule has 1 aliphatic heterocycles. The van der Waals surface area contributed by atoms with E-state index in [0.717, 1.165) is 0 Å². The summed E-state index contributed by atoms with van der Waals surface area (Å²) in [4.78, 5) is 14.0. The number of aliphatic carboxylic acids is 1. The van der Waals surface area contributed by atoms with E-state index in [2.05, 4.69) is 20.9 Å². The number of hydrogen-bond donors (Lipinski definition) is 6. The van der Waals surface area contributed by atoms with Crippen molar-refractivity contribution in [3.05, 3.63) is 27.8 Å². The van der Waals surface area contributed by atoms with Gasteiger partial charge in [0.25, 0.3) is 0 Å². The minimum Gasteiger partial charge on any atom is -0.479 e. The number of aromatic nitrogens is 1. The highest BCUT2D eigenvalue weighted by molar-refractivity contribution is 9.10. The number of nitrogens with one attached hydrogen (secondary N) is 1. The Morgan fingerprint density at radius 2 is 1.84 bits per heavy atom. The van der Waals surface area contributed by atoms with Crippen LogP contribution in [0.25, 0.3) is 10.9 Å². The van der Waals surface area contributed by atoms with Crippen LogP contribution in [0.4, 0.5) is 0 Å². The third kappa shape index (κ3) is 5.70. The van der Waals surface area contributed by atoms with Gasteiger partial charge in [-0.05, 0) is 40.9 Å². The lowest BCUT2D eigenvalue weighted by atomic mass is 9.97. The molecule has 2 unspecified atom stereocenters. The first-order chi connectivity index (χ1) is 14.7. The predicted molar refractivity (Wildman–Crippen MR) is 117 cm³/mol. The smallest absolute Gasteiger partial charge is 0.335 e. The number of benzene rings is 1. The van der Waals surface area contributed by atoms with Gasteiger partial charge in [-0.3, -0.25) is 0 Å². The normalized spacial score (nSPS) is 29.3. The number of fused-ring (bicyclic) bond motifs is 1. The van der Waals surface area contributed by atoms with E-state index in [1.54, 1.807) is 12.1 Å². The Hall–Kier alpha value is -1.40. The highest BCUT2D eigenvalue weighted by atomic mass is 79.9. The van der Waals surface area contributed by atoms with Crippen molar-refractivity contribution in [1.29, 1.82) is 0 Å². The summed E-state index contributed by atoms with van der Waals surface area (Å²) in [6.45, 7) is 0. The standard InChI is InChI=1S/C14H13BrClNO7.C6H13N/c15-5-1-4-7(2-6(5)16)17-3-8(4)23-14-11(20)9(18)10(19)12(24-14)13(21)22;7-6-4-2-1-3-5-6/h1-3,9-12,14,17-20H,(H,21,22);6H,1-5,7H2/t9?,10-,11-,12?,14+;/m0./s1. The van der Waals surface area contributed by atoms with Crippen molar-refractivity contribution in [2.24, 2.45) is 5.73 Å². The van der Waals surface area contributed by atoms with Crippen molar-refractivity contribution in [2.45, 2.75) is 68.9 Å². The topological polar surface area (TPSA) is 158 Å². The number of halogens is 2. The summed E-state index contributed by atoms with van der Waals surface area (Å²) >= 11 is 9.29. The van der Waals surface area contributed by atoms with E-state index in [1.165, 1.54) is 38.3 Å². The number of carbonyl (C=O) groups is 1. The molecular weight excluding hydrogens is 496 g/mol. The number of aliphatic hydroxyl groups is 3. The van der Waals surface area contributed by atoms with Crippen LogP contribution in [-0.2, 0) is 9.53 Å². The van der Waals surface area contributed by atoms with Gasteiger partial charge in [0.15, 0.2) is 6.10 Å². The molecule has 4 rings (SSSR count). The van der Waals surface area contributed by atoms with Crippen LogP contribution in [0.5, 0.6) is 5.75 Å². The second-order valence-electron chi connectivity index (χ2n) is 7.72. The van der Waals surface area contributed by atoms with Crippen LogP contribution in [0.3, 0.4) is 0 Å². The third-order valence-corrected chi connectivity index (χ3v) is 6.59. The molecule has 0 amide bonds. The zero-order chi connectivity index (χ0) is 22.7. The molecule has 1 saturated carbocycles. The highest BCUT2D eigenvalue weighted by Crippen LogP contribution is 2.35. The molecule has 1 aliphatic carbocycles. The van der Waals surface area contributed by atoms with Gasteiger partial charge in [0.05, 0.1) is 10.5 Å². The number of carboxylic acid groups (broad SMARTS) is 1. The molecule has 31 heavy (non-hydrogen) atoms. The fourth-order valence-electron chi connectivity index (χ4n) is 3.60. The lowest BCUT2D eigenvalue weighted by Crippen LogP contribution is -2.61. The minimum atomic E-state index is -1.77. The van der Waals surface area contributed by atoms with Crippen molar-refractivity contribution in [2.75, 3.05) is 0 Å². The maximum absolute atomic E-state index is 11.1. The summed E-state index contributed by atoms with van der Waals surface area (Å²) in [5, 5.41) is 39.6. The SMILES string of the molecule is NC1CCCCC1.O=C(O)C1O[C@@H](Oc2c[nH]c3cc(Cl)c(Br)cc23)[C@@H](O)C(O)[C@@H]1O. The fourth-order valence-corrected chi connectivity index (χ4v) is 4.10. The van der Waals surface area contributed by atoms with Gasteiger partial charge in [0.2, 0.25) is 6.29 Å². The van der Waals surface area contributed by atoms with E-state index >= 15 is 0 Å². The molecule has 11 heteroatoms. The van der Waals surface area contributed by atoms with Gasteiger partial charge >= 0.3 is 5.97 Å². The van der Waals surface area contributed by atoms with Crippen molar-refractivity contribution < 1.29 is 34.7 Å². The molecule has 172 valence electrons. The maximum atomic E-state index is 11.1. The van der Waals surface area contributed by atoms with E-state index in [1.807, 2.05) is 0 Å². The Balaban J connectivity index is 0.000000330. The molecule has 0 radical (unpaired) electrons. The Morgan fingerprint density at radius 3 is 2.42 bits per heavy atom. The van der Waals surface area contributed by atoms with Crippen LogP contribution in [0.2, 0.25) is 5.02 Å². The number of H-pyrrole nitrogens is 1. The molecule has 1 saturated heterocycles. The average Bonchev–Trinajstić information content (AvgIpc) is 3.11. The van der Waals surface area contributed by atoms with Crippen LogP contribution >= 0.6 is 27.5 Å². The monoisotopic (exact) mass is 520 g/mol.